The number of hydrogen-bond donors (Lipinski definition) is 1. The summed E-state index contributed by atoms with van der Waals surface area (Å²) in [6.45, 7) is 2.70. The minimum absolute atomic E-state index is 0.562. The van der Waals surface area contributed by atoms with Crippen LogP contribution >= 0.6 is 12.2 Å². The molecule has 1 aliphatic heterocycles. The van der Waals surface area contributed by atoms with Crippen molar-refractivity contribution in [3.05, 3.63) is 70.5 Å². The molecule has 3 aromatic rings. The highest BCUT2D eigenvalue weighted by atomic mass is 32.1. The van der Waals surface area contributed by atoms with Crippen LogP contribution in [0.15, 0.2) is 48.9 Å². The summed E-state index contributed by atoms with van der Waals surface area (Å²) in [7, 11) is 0. The van der Waals surface area contributed by atoms with Gasteiger partial charge in [-0.3, -0.25) is 4.90 Å². The lowest BCUT2D eigenvalue weighted by molar-refractivity contribution is 0.242. The maximum atomic E-state index is 5.09. The Morgan fingerprint density at radius 1 is 1.04 bits per heavy atom. The number of rotatable bonds is 3. The third-order valence-corrected chi connectivity index (χ3v) is 4.41. The normalized spacial score (nSPS) is 14.3. The third kappa shape index (κ3) is 3.25. The van der Waals surface area contributed by atoms with E-state index in [0.29, 0.717) is 4.77 Å². The van der Waals surface area contributed by atoms with Gasteiger partial charge in [0, 0.05) is 67.0 Å². The monoisotopic (exact) mass is 335 g/mol. The highest BCUT2D eigenvalue weighted by Gasteiger charge is 2.17. The van der Waals surface area contributed by atoms with Crippen molar-refractivity contribution in [3.8, 4) is 11.4 Å². The fourth-order valence-corrected chi connectivity index (χ4v) is 3.15. The smallest absolute Gasteiger partial charge is 0.196 e. The predicted molar refractivity (Wildman–Crippen MR) is 94.7 cm³/mol. The Bertz CT molecular complexity index is 889. The fraction of sp³-hybridized carbons (Fsp3) is 0.222. The molecule has 1 N–H and O–H groups in total. The van der Waals surface area contributed by atoms with E-state index in [1.54, 1.807) is 0 Å². The van der Waals surface area contributed by atoms with Gasteiger partial charge in [-0.15, -0.1) is 0 Å². The first-order valence-electron chi connectivity index (χ1n) is 7.94. The van der Waals surface area contributed by atoms with Crippen LogP contribution in [0.25, 0.3) is 11.4 Å². The topological polar surface area (TPSA) is 57.7 Å². The van der Waals surface area contributed by atoms with E-state index in [1.807, 2.05) is 48.9 Å². The van der Waals surface area contributed by atoms with Crippen molar-refractivity contribution >= 4 is 12.2 Å². The zero-order valence-electron chi connectivity index (χ0n) is 13.1. The van der Waals surface area contributed by atoms with E-state index in [2.05, 4.69) is 24.8 Å². The van der Waals surface area contributed by atoms with Gasteiger partial charge in [-0.25, -0.2) is 15.0 Å². The lowest BCUT2D eigenvalue weighted by Gasteiger charge is -2.27. The zero-order valence-corrected chi connectivity index (χ0v) is 14.0. The molecule has 0 bridgehead atoms. The molecule has 4 rings (SSSR count). The van der Waals surface area contributed by atoms with Crippen LogP contribution in [0.2, 0.25) is 0 Å². The zero-order chi connectivity index (χ0) is 16.4. The second kappa shape index (κ2) is 6.59. The molecule has 0 aliphatic carbocycles. The summed E-state index contributed by atoms with van der Waals surface area (Å²) in [5, 5.41) is 0. The van der Waals surface area contributed by atoms with Crippen LogP contribution in [-0.4, -0.2) is 31.4 Å². The highest BCUT2D eigenvalue weighted by molar-refractivity contribution is 7.71. The summed E-state index contributed by atoms with van der Waals surface area (Å²) < 4.78 is 0.562. The number of H-pyrrole nitrogens is 1. The van der Waals surface area contributed by atoms with E-state index >= 15 is 0 Å². The molecule has 0 fully saturated rings. The Morgan fingerprint density at radius 2 is 1.83 bits per heavy atom. The lowest BCUT2D eigenvalue weighted by atomic mass is 10.1. The quantitative estimate of drug-likeness (QED) is 0.745. The van der Waals surface area contributed by atoms with Crippen LogP contribution in [-0.2, 0) is 19.5 Å². The third-order valence-electron chi connectivity index (χ3n) is 4.20. The maximum absolute atomic E-state index is 5.09. The molecule has 0 saturated carbocycles. The van der Waals surface area contributed by atoms with E-state index in [9.17, 15) is 0 Å². The number of nitrogens with zero attached hydrogens (tertiary/aromatic N) is 4. The van der Waals surface area contributed by atoms with Crippen molar-refractivity contribution in [1.29, 1.82) is 0 Å². The van der Waals surface area contributed by atoms with Crippen molar-refractivity contribution in [2.45, 2.75) is 19.5 Å². The Morgan fingerprint density at radius 3 is 2.62 bits per heavy atom. The average Bonchev–Trinajstić information content (AvgIpc) is 2.63. The van der Waals surface area contributed by atoms with Gasteiger partial charge in [-0.2, -0.15) is 0 Å². The lowest BCUT2D eigenvalue weighted by Crippen LogP contribution is -2.31. The predicted octanol–water partition coefficient (Wildman–Crippen LogP) is 3.15. The highest BCUT2D eigenvalue weighted by Crippen LogP contribution is 2.18. The van der Waals surface area contributed by atoms with Gasteiger partial charge in [0.1, 0.15) is 0 Å². The molecule has 0 atom stereocenters. The Hall–Kier alpha value is -2.44. The first-order valence-corrected chi connectivity index (χ1v) is 8.34. The second-order valence-corrected chi connectivity index (χ2v) is 6.32. The molecule has 24 heavy (non-hydrogen) atoms. The van der Waals surface area contributed by atoms with Crippen molar-refractivity contribution in [3.63, 3.8) is 0 Å². The molecular formula is C18H17N5S. The van der Waals surface area contributed by atoms with Gasteiger partial charge in [-0.1, -0.05) is 30.3 Å². The van der Waals surface area contributed by atoms with E-state index in [-0.39, 0.29) is 0 Å². The van der Waals surface area contributed by atoms with Gasteiger partial charge in [0.15, 0.2) is 10.6 Å². The van der Waals surface area contributed by atoms with Gasteiger partial charge in [0.05, 0.1) is 0 Å². The minimum atomic E-state index is 0.562. The molecule has 0 amide bonds. The summed E-state index contributed by atoms with van der Waals surface area (Å²) in [6.07, 6.45) is 6.68. The Balaban J connectivity index is 1.46. The van der Waals surface area contributed by atoms with Gasteiger partial charge < -0.3 is 4.98 Å². The molecule has 1 aliphatic rings. The van der Waals surface area contributed by atoms with Crippen LogP contribution in [0.3, 0.4) is 0 Å². The SMILES string of the molecule is S=c1ncc2c([nH]1)CCN(Cc1cnc(-c3ccccc3)nc1)C2. The van der Waals surface area contributed by atoms with E-state index < -0.39 is 0 Å². The van der Waals surface area contributed by atoms with Crippen LogP contribution in [0.1, 0.15) is 16.8 Å². The Labute approximate surface area is 145 Å². The molecule has 120 valence electrons. The molecule has 2 aromatic heterocycles. The van der Waals surface area contributed by atoms with Crippen molar-refractivity contribution in [2.24, 2.45) is 0 Å². The van der Waals surface area contributed by atoms with Crippen LogP contribution in [0, 0.1) is 4.77 Å². The molecule has 5 nitrogen and oxygen atoms in total. The number of hydrogen-bond acceptors (Lipinski definition) is 5. The fourth-order valence-electron chi connectivity index (χ4n) is 2.97. The van der Waals surface area contributed by atoms with Gasteiger partial charge in [0.2, 0.25) is 0 Å². The van der Waals surface area contributed by atoms with Crippen LogP contribution < -0.4 is 0 Å². The minimum Gasteiger partial charge on any atom is -0.334 e. The molecule has 6 heteroatoms. The van der Waals surface area contributed by atoms with Crippen molar-refractivity contribution in [1.82, 2.24) is 24.8 Å². The maximum Gasteiger partial charge on any atom is 0.196 e. The van der Waals surface area contributed by atoms with E-state index in [4.69, 9.17) is 12.2 Å². The molecule has 1 aromatic carbocycles. The largest absolute Gasteiger partial charge is 0.334 e. The van der Waals surface area contributed by atoms with Gasteiger partial charge >= 0.3 is 0 Å². The Kier molecular flexibility index (Phi) is 4.15. The molecule has 0 unspecified atom stereocenters. The van der Waals surface area contributed by atoms with Crippen molar-refractivity contribution < 1.29 is 0 Å². The first-order chi connectivity index (χ1) is 11.8. The number of aromatic amines is 1. The summed E-state index contributed by atoms with van der Waals surface area (Å²) >= 11 is 5.09. The van der Waals surface area contributed by atoms with E-state index in [1.165, 1.54) is 11.3 Å². The standard InChI is InChI=1S/C18H17N5S/c24-18-21-10-15-12-23(7-6-16(15)22-18)11-13-8-19-17(20-9-13)14-4-2-1-3-5-14/h1-5,8-10H,6-7,11-12H2,(H,21,22,24). The molecule has 0 spiro atoms. The molecule has 3 heterocycles. The van der Waals surface area contributed by atoms with Gasteiger partial charge in [-0.05, 0) is 12.2 Å². The molecular weight excluding hydrogens is 318 g/mol. The molecule has 0 radical (unpaired) electrons. The summed E-state index contributed by atoms with van der Waals surface area (Å²) in [6, 6.07) is 10.0. The van der Waals surface area contributed by atoms with Gasteiger partial charge in [0.25, 0.3) is 0 Å². The molecule has 0 saturated heterocycles. The number of fused-ring (bicyclic) bond motifs is 1. The number of nitrogens with one attached hydrogen (secondary N) is 1. The van der Waals surface area contributed by atoms with Crippen LogP contribution in [0.4, 0.5) is 0 Å². The summed E-state index contributed by atoms with van der Waals surface area (Å²) in [5.41, 5.74) is 4.59. The summed E-state index contributed by atoms with van der Waals surface area (Å²) in [4.78, 5) is 18.8. The summed E-state index contributed by atoms with van der Waals surface area (Å²) in [5.74, 6) is 0.764. The number of benzene rings is 1. The second-order valence-electron chi connectivity index (χ2n) is 5.93. The van der Waals surface area contributed by atoms with E-state index in [0.717, 1.165) is 43.0 Å². The van der Waals surface area contributed by atoms with Crippen LogP contribution in [0.5, 0.6) is 0 Å². The first kappa shape index (κ1) is 15.1. The average molecular weight is 335 g/mol. The number of aromatic nitrogens is 4. The van der Waals surface area contributed by atoms with Crippen molar-refractivity contribution in [2.75, 3.05) is 6.54 Å².